The summed E-state index contributed by atoms with van der Waals surface area (Å²) in [5, 5.41) is 14.2. The first-order valence-electron chi connectivity index (χ1n) is 13.2. The molecule has 0 unspecified atom stereocenters. The van der Waals surface area contributed by atoms with Crippen LogP contribution in [0.25, 0.3) is 22.2 Å². The van der Waals surface area contributed by atoms with Crippen LogP contribution in [0.3, 0.4) is 0 Å². The minimum atomic E-state index is -0.303. The molecule has 2 aromatic carbocycles. The second-order valence-corrected chi connectivity index (χ2v) is 11.1. The quantitative estimate of drug-likeness (QED) is 0.381. The highest BCUT2D eigenvalue weighted by Crippen LogP contribution is 2.29. The minimum absolute atomic E-state index is 0.0541. The van der Waals surface area contributed by atoms with Gasteiger partial charge in [-0.25, -0.2) is 9.37 Å². The maximum absolute atomic E-state index is 13.4. The highest BCUT2D eigenvalue weighted by Gasteiger charge is 2.33. The van der Waals surface area contributed by atoms with E-state index < -0.39 is 0 Å². The molecule has 0 saturated carbocycles. The van der Waals surface area contributed by atoms with Crippen molar-refractivity contribution in [3.63, 3.8) is 0 Å². The van der Waals surface area contributed by atoms with E-state index in [1.807, 2.05) is 34.7 Å². The first-order valence-corrected chi connectivity index (χ1v) is 14.0. The van der Waals surface area contributed by atoms with Gasteiger partial charge in [-0.2, -0.15) is 5.10 Å². The lowest BCUT2D eigenvalue weighted by Gasteiger charge is -2.40. The molecule has 2 amide bonds. The number of likely N-dealkylation sites (tertiary alicyclic amines) is 1. The fraction of sp³-hybridized carbons (Fsp3) is 0.357. The maximum atomic E-state index is 13.4. The summed E-state index contributed by atoms with van der Waals surface area (Å²) in [6.07, 6.45) is 2.52. The van der Waals surface area contributed by atoms with Gasteiger partial charge in [-0.15, -0.1) is 11.3 Å². The lowest BCUT2D eigenvalue weighted by atomic mass is 10.1. The van der Waals surface area contributed by atoms with Crippen molar-refractivity contribution >= 4 is 44.9 Å². The number of rotatable bonds is 6. The van der Waals surface area contributed by atoms with Crippen LogP contribution in [-0.2, 0) is 9.59 Å². The summed E-state index contributed by atoms with van der Waals surface area (Å²) < 4.78 is 13.4. The van der Waals surface area contributed by atoms with E-state index in [4.69, 9.17) is 0 Å². The van der Waals surface area contributed by atoms with Crippen molar-refractivity contribution in [2.75, 3.05) is 49.5 Å². The van der Waals surface area contributed by atoms with E-state index in [0.29, 0.717) is 44.0 Å². The number of aromatic nitrogens is 3. The number of piperazine rings is 1. The van der Waals surface area contributed by atoms with Gasteiger partial charge in [0.2, 0.25) is 11.8 Å². The Balaban J connectivity index is 1.04. The Hall–Kier alpha value is -3.83. The Morgan fingerprint density at radius 3 is 2.74 bits per heavy atom. The molecule has 11 heteroatoms. The second kappa shape index (κ2) is 10.7. The van der Waals surface area contributed by atoms with E-state index in [2.05, 4.69) is 37.2 Å². The molecular weight excluding hydrogens is 517 g/mol. The van der Waals surface area contributed by atoms with Gasteiger partial charge in [0.05, 0.1) is 23.7 Å². The standard InChI is InChI=1S/C28H30FN7O2S/c1-18-15-35(28-30-9-13-39-28)11-12-36(18)25(37)17-34-10-8-20(16-34)27(38)31-22-6-7-24-23(14-22)26(33-32-24)19-2-4-21(29)5-3-19/h2-7,9,13-14,18,20H,8,10-12,15-17H2,1H3,(H,31,38)(H,32,33)/t18-,20-/m1/s1. The van der Waals surface area contributed by atoms with Crippen LogP contribution >= 0.6 is 11.3 Å². The van der Waals surface area contributed by atoms with Gasteiger partial charge in [0.15, 0.2) is 5.13 Å². The Bertz CT molecular complexity index is 1470. The van der Waals surface area contributed by atoms with Gasteiger partial charge >= 0.3 is 0 Å². The third kappa shape index (κ3) is 5.37. The zero-order chi connectivity index (χ0) is 26.9. The Labute approximate surface area is 229 Å². The van der Waals surface area contributed by atoms with Crippen molar-refractivity contribution in [3.8, 4) is 11.3 Å². The molecule has 0 radical (unpaired) electrons. The molecule has 2 aliphatic rings. The van der Waals surface area contributed by atoms with Gasteiger partial charge in [0.25, 0.3) is 0 Å². The number of nitrogens with zero attached hydrogens (tertiary/aromatic N) is 5. The fourth-order valence-corrected chi connectivity index (χ4v) is 6.19. The number of carbonyl (C=O) groups excluding carboxylic acids is 2. The molecule has 2 aliphatic heterocycles. The number of hydrogen-bond donors (Lipinski definition) is 2. The van der Waals surface area contributed by atoms with Gasteiger partial charge in [-0.05, 0) is 62.4 Å². The van der Waals surface area contributed by atoms with E-state index in [9.17, 15) is 14.0 Å². The third-order valence-electron chi connectivity index (χ3n) is 7.59. The lowest BCUT2D eigenvalue weighted by Crippen LogP contribution is -2.56. The van der Waals surface area contributed by atoms with Gasteiger partial charge in [-0.1, -0.05) is 0 Å². The Kier molecular flexibility index (Phi) is 7.01. The van der Waals surface area contributed by atoms with Crippen molar-refractivity contribution in [2.24, 2.45) is 5.92 Å². The number of H-pyrrole nitrogens is 1. The van der Waals surface area contributed by atoms with Gasteiger partial charge in [0, 0.05) is 60.4 Å². The Morgan fingerprint density at radius 2 is 1.97 bits per heavy atom. The van der Waals surface area contributed by atoms with Crippen LogP contribution in [-0.4, -0.2) is 82.1 Å². The highest BCUT2D eigenvalue weighted by atomic mass is 32.1. The molecule has 0 bridgehead atoms. The number of amides is 2. The number of benzene rings is 2. The largest absolute Gasteiger partial charge is 0.344 e. The Morgan fingerprint density at radius 1 is 1.13 bits per heavy atom. The van der Waals surface area contributed by atoms with Gasteiger partial charge < -0.3 is 15.1 Å². The molecule has 202 valence electrons. The molecule has 2 saturated heterocycles. The van der Waals surface area contributed by atoms with Crippen molar-refractivity contribution in [3.05, 3.63) is 59.9 Å². The van der Waals surface area contributed by atoms with Crippen LogP contribution in [0.15, 0.2) is 54.0 Å². The number of nitrogens with one attached hydrogen (secondary N) is 2. The summed E-state index contributed by atoms with van der Waals surface area (Å²) in [7, 11) is 0. The number of halogens is 1. The van der Waals surface area contributed by atoms with Crippen molar-refractivity contribution in [2.45, 2.75) is 19.4 Å². The molecule has 6 rings (SSSR count). The van der Waals surface area contributed by atoms with Gasteiger partial charge in [0.1, 0.15) is 5.82 Å². The molecule has 39 heavy (non-hydrogen) atoms. The average Bonchev–Trinajstić information content (AvgIpc) is 3.70. The van der Waals surface area contributed by atoms with E-state index in [0.717, 1.165) is 34.7 Å². The molecule has 2 atom stereocenters. The summed E-state index contributed by atoms with van der Waals surface area (Å²) in [6, 6.07) is 11.9. The molecule has 0 aliphatic carbocycles. The average molecular weight is 548 g/mol. The van der Waals surface area contributed by atoms with Crippen molar-refractivity contribution in [1.29, 1.82) is 0 Å². The van der Waals surface area contributed by atoms with Gasteiger partial charge in [-0.3, -0.25) is 19.6 Å². The predicted octanol–water partition coefficient (Wildman–Crippen LogP) is 3.82. The van der Waals surface area contributed by atoms with E-state index in [1.54, 1.807) is 23.5 Å². The molecule has 4 aromatic rings. The molecular formula is C28H30FN7O2S. The highest BCUT2D eigenvalue weighted by molar-refractivity contribution is 7.13. The topological polar surface area (TPSA) is 97.5 Å². The molecule has 9 nitrogen and oxygen atoms in total. The van der Waals surface area contributed by atoms with Crippen LogP contribution in [0.4, 0.5) is 15.2 Å². The number of aromatic amines is 1. The predicted molar refractivity (Wildman–Crippen MR) is 150 cm³/mol. The van der Waals surface area contributed by atoms with Crippen LogP contribution in [0.2, 0.25) is 0 Å². The lowest BCUT2D eigenvalue weighted by molar-refractivity contribution is -0.134. The zero-order valence-corrected chi connectivity index (χ0v) is 22.5. The van der Waals surface area contributed by atoms with Crippen molar-refractivity contribution < 1.29 is 14.0 Å². The summed E-state index contributed by atoms with van der Waals surface area (Å²) >= 11 is 1.62. The first-order chi connectivity index (χ1) is 18.9. The van der Waals surface area contributed by atoms with E-state index >= 15 is 0 Å². The molecule has 2 fully saturated rings. The normalized spacial score (nSPS) is 20.1. The monoisotopic (exact) mass is 547 g/mol. The summed E-state index contributed by atoms with van der Waals surface area (Å²) in [5.41, 5.74) is 3.01. The smallest absolute Gasteiger partial charge is 0.237 e. The molecule has 4 heterocycles. The van der Waals surface area contributed by atoms with Crippen LogP contribution in [0, 0.1) is 11.7 Å². The molecule has 2 N–H and O–H groups in total. The zero-order valence-electron chi connectivity index (χ0n) is 21.6. The van der Waals surface area contributed by atoms with E-state index in [1.165, 1.54) is 12.1 Å². The number of fused-ring (bicyclic) bond motifs is 1. The van der Waals surface area contributed by atoms with Crippen LogP contribution in [0.5, 0.6) is 0 Å². The molecule has 2 aromatic heterocycles. The first kappa shape index (κ1) is 25.4. The van der Waals surface area contributed by atoms with Crippen LogP contribution in [0.1, 0.15) is 13.3 Å². The number of carbonyl (C=O) groups is 2. The summed E-state index contributed by atoms with van der Waals surface area (Å²) in [4.78, 5) is 36.9. The molecule has 0 spiro atoms. The SMILES string of the molecule is C[C@@H]1CN(c2nccs2)CCN1C(=O)CN1CC[C@@H](C(=O)Nc2ccc3[nH]nc(-c4ccc(F)cc4)c3c2)C1. The minimum Gasteiger partial charge on any atom is -0.344 e. The second-order valence-electron chi connectivity index (χ2n) is 10.2. The third-order valence-corrected chi connectivity index (χ3v) is 8.42. The fourth-order valence-electron chi connectivity index (χ4n) is 5.51. The van der Waals surface area contributed by atoms with E-state index in [-0.39, 0.29) is 29.6 Å². The van der Waals surface area contributed by atoms with Crippen LogP contribution < -0.4 is 10.2 Å². The maximum Gasteiger partial charge on any atom is 0.237 e. The summed E-state index contributed by atoms with van der Waals surface area (Å²) in [6.45, 7) is 5.90. The van der Waals surface area contributed by atoms with Crippen molar-refractivity contribution in [1.82, 2.24) is 25.0 Å². The number of anilines is 2. The number of hydrogen-bond acceptors (Lipinski definition) is 7. The number of thiazole rings is 1. The summed E-state index contributed by atoms with van der Waals surface area (Å²) in [5.74, 6) is -0.432.